The topological polar surface area (TPSA) is 12.4 Å². The second kappa shape index (κ2) is 9.74. The highest BCUT2D eigenvalue weighted by Crippen LogP contribution is 2.12. The first kappa shape index (κ1) is 14.8. The Morgan fingerprint density at radius 1 is 1.17 bits per heavy atom. The third kappa shape index (κ3) is 6.47. The van der Waals surface area contributed by atoms with E-state index in [0.717, 1.165) is 17.0 Å². The molecule has 1 aromatic carbocycles. The van der Waals surface area contributed by atoms with Gasteiger partial charge in [0, 0.05) is 23.2 Å². The molecule has 0 unspecified atom stereocenters. The van der Waals surface area contributed by atoms with Gasteiger partial charge in [0.05, 0.1) is 6.54 Å². The number of nitrogens with zero attached hydrogens (tertiary/aromatic N) is 1. The van der Waals surface area contributed by atoms with E-state index < -0.39 is 0 Å². The van der Waals surface area contributed by atoms with Crippen molar-refractivity contribution in [3.63, 3.8) is 0 Å². The number of rotatable bonds is 6. The monoisotopic (exact) mass is 261 g/mol. The molecule has 0 heterocycles. The van der Waals surface area contributed by atoms with E-state index in [1.165, 1.54) is 25.7 Å². The summed E-state index contributed by atoms with van der Waals surface area (Å²) in [5.41, 5.74) is 0.948. The third-order valence-electron chi connectivity index (χ3n) is 2.59. The zero-order chi connectivity index (χ0) is 13.1. The fourth-order valence-electron chi connectivity index (χ4n) is 1.55. The van der Waals surface area contributed by atoms with Gasteiger partial charge in [0.2, 0.25) is 0 Å². The lowest BCUT2D eigenvalue weighted by Gasteiger charge is -1.94. The molecule has 0 saturated carbocycles. The molecule has 0 spiro atoms. The van der Waals surface area contributed by atoms with Gasteiger partial charge in [0.15, 0.2) is 0 Å². The van der Waals surface area contributed by atoms with E-state index in [9.17, 15) is 0 Å². The third-order valence-corrected chi connectivity index (χ3v) is 2.93. The molecule has 1 aromatic rings. The van der Waals surface area contributed by atoms with Crippen LogP contribution in [-0.2, 0) is 0 Å². The molecule has 2 heteroatoms. The maximum atomic E-state index is 6.01. The largest absolute Gasteiger partial charge is 0.280 e. The molecule has 0 saturated heterocycles. The predicted octanol–water partition coefficient (Wildman–Crippen LogP) is 4.73. The molecule has 0 aliphatic rings. The number of hydrogen-bond acceptors (Lipinski definition) is 1. The molecule has 1 rings (SSSR count). The molecular weight excluding hydrogens is 242 g/mol. The lowest BCUT2D eigenvalue weighted by molar-refractivity contribution is 0.679. The molecule has 0 aromatic heterocycles. The van der Waals surface area contributed by atoms with Crippen LogP contribution >= 0.6 is 11.6 Å². The summed E-state index contributed by atoms with van der Waals surface area (Å²) in [5.74, 6) is 6.21. The lowest BCUT2D eigenvalue weighted by Crippen LogP contribution is -1.83. The van der Waals surface area contributed by atoms with Gasteiger partial charge in [-0.15, -0.1) is 5.92 Å². The number of hydrogen-bond donors (Lipinski definition) is 0. The number of unbranched alkanes of at least 4 members (excludes halogenated alkanes) is 4. The Hall–Kier alpha value is -1.26. The number of aliphatic imine (C=N–C) groups is 1. The highest BCUT2D eigenvalue weighted by atomic mass is 35.5. The van der Waals surface area contributed by atoms with Gasteiger partial charge in [-0.05, 0) is 12.5 Å². The highest BCUT2D eigenvalue weighted by molar-refractivity contribution is 6.33. The zero-order valence-electron chi connectivity index (χ0n) is 11.0. The normalized spacial score (nSPS) is 10.3. The Morgan fingerprint density at radius 2 is 2.00 bits per heavy atom. The van der Waals surface area contributed by atoms with Crippen molar-refractivity contribution in [1.29, 1.82) is 0 Å². The number of halogens is 1. The molecule has 18 heavy (non-hydrogen) atoms. The summed E-state index contributed by atoms with van der Waals surface area (Å²) < 4.78 is 0. The van der Waals surface area contributed by atoms with Gasteiger partial charge in [-0.2, -0.15) is 0 Å². The summed E-state index contributed by atoms with van der Waals surface area (Å²) in [6.45, 7) is 2.77. The van der Waals surface area contributed by atoms with Crippen LogP contribution in [-0.4, -0.2) is 12.8 Å². The minimum absolute atomic E-state index is 0.555. The van der Waals surface area contributed by atoms with Crippen LogP contribution in [0.4, 0.5) is 0 Å². The molecule has 0 amide bonds. The maximum absolute atomic E-state index is 6.01. The highest BCUT2D eigenvalue weighted by Gasteiger charge is 1.92. The molecule has 0 radical (unpaired) electrons. The predicted molar refractivity (Wildman–Crippen MR) is 80.4 cm³/mol. The zero-order valence-corrected chi connectivity index (χ0v) is 11.7. The molecule has 1 nitrogen and oxygen atoms in total. The van der Waals surface area contributed by atoms with E-state index in [0.29, 0.717) is 6.54 Å². The maximum Gasteiger partial charge on any atom is 0.0997 e. The summed E-state index contributed by atoms with van der Waals surface area (Å²) in [4.78, 5) is 4.25. The molecular formula is C16H20ClN. The SMILES string of the molecule is CCCCCCC#CC/N=C/c1ccccc1Cl. The summed E-state index contributed by atoms with van der Waals surface area (Å²) in [6.07, 6.45) is 7.85. The molecule has 0 atom stereocenters. The Kier molecular flexibility index (Phi) is 8.01. The summed E-state index contributed by atoms with van der Waals surface area (Å²) in [6, 6.07) is 7.68. The number of benzene rings is 1. The standard InChI is InChI=1S/C16H20ClN/c1-2-3-4-5-6-7-10-13-18-14-15-11-8-9-12-16(15)17/h8-9,11-12,14H,2-6,13H2,1H3/b18-14+. The Bertz CT molecular complexity index is 426. The summed E-state index contributed by atoms with van der Waals surface area (Å²) in [7, 11) is 0. The van der Waals surface area contributed by atoms with Gasteiger partial charge in [-0.1, -0.05) is 61.9 Å². The van der Waals surface area contributed by atoms with Crippen LogP contribution in [0, 0.1) is 11.8 Å². The molecule has 0 bridgehead atoms. The van der Waals surface area contributed by atoms with Crippen molar-refractivity contribution in [2.75, 3.05) is 6.54 Å². The second-order valence-electron chi connectivity index (χ2n) is 4.16. The van der Waals surface area contributed by atoms with Gasteiger partial charge in [-0.25, -0.2) is 0 Å². The van der Waals surface area contributed by atoms with Gasteiger partial charge < -0.3 is 0 Å². The molecule has 0 aliphatic carbocycles. The van der Waals surface area contributed by atoms with Crippen LogP contribution in [0.25, 0.3) is 0 Å². The van der Waals surface area contributed by atoms with Gasteiger partial charge in [-0.3, -0.25) is 4.99 Å². The van der Waals surface area contributed by atoms with Crippen LogP contribution in [0.15, 0.2) is 29.3 Å². The Morgan fingerprint density at radius 3 is 2.78 bits per heavy atom. The lowest BCUT2D eigenvalue weighted by atomic mass is 10.2. The van der Waals surface area contributed by atoms with E-state index in [-0.39, 0.29) is 0 Å². The van der Waals surface area contributed by atoms with E-state index in [1.807, 2.05) is 24.3 Å². The van der Waals surface area contributed by atoms with Crippen LogP contribution < -0.4 is 0 Å². The van der Waals surface area contributed by atoms with Crippen LogP contribution in [0.1, 0.15) is 44.6 Å². The first-order valence-corrected chi connectivity index (χ1v) is 6.92. The van der Waals surface area contributed by atoms with Crippen molar-refractivity contribution < 1.29 is 0 Å². The van der Waals surface area contributed by atoms with Crippen LogP contribution in [0.5, 0.6) is 0 Å². The summed E-state index contributed by atoms with van der Waals surface area (Å²) in [5, 5.41) is 0.730. The average Bonchev–Trinajstić information content (AvgIpc) is 2.39. The van der Waals surface area contributed by atoms with E-state index in [1.54, 1.807) is 6.21 Å². The summed E-state index contributed by atoms with van der Waals surface area (Å²) >= 11 is 6.01. The van der Waals surface area contributed by atoms with E-state index in [2.05, 4.69) is 23.8 Å². The van der Waals surface area contributed by atoms with Crippen molar-refractivity contribution in [2.24, 2.45) is 4.99 Å². The van der Waals surface area contributed by atoms with Crippen molar-refractivity contribution in [3.05, 3.63) is 34.9 Å². The van der Waals surface area contributed by atoms with Gasteiger partial charge >= 0.3 is 0 Å². The fourth-order valence-corrected chi connectivity index (χ4v) is 1.74. The molecule has 96 valence electrons. The van der Waals surface area contributed by atoms with Crippen molar-refractivity contribution in [1.82, 2.24) is 0 Å². The minimum Gasteiger partial charge on any atom is -0.280 e. The Labute approximate surface area is 115 Å². The Balaban J connectivity index is 2.21. The fraction of sp³-hybridized carbons (Fsp3) is 0.438. The van der Waals surface area contributed by atoms with Crippen molar-refractivity contribution in [3.8, 4) is 11.8 Å². The second-order valence-corrected chi connectivity index (χ2v) is 4.56. The van der Waals surface area contributed by atoms with Crippen molar-refractivity contribution >= 4 is 17.8 Å². The molecule has 0 N–H and O–H groups in total. The van der Waals surface area contributed by atoms with E-state index >= 15 is 0 Å². The van der Waals surface area contributed by atoms with E-state index in [4.69, 9.17) is 11.6 Å². The minimum atomic E-state index is 0.555. The smallest absolute Gasteiger partial charge is 0.0997 e. The van der Waals surface area contributed by atoms with Gasteiger partial charge in [0.1, 0.15) is 0 Å². The molecule has 0 aliphatic heterocycles. The molecule has 0 fully saturated rings. The van der Waals surface area contributed by atoms with Crippen LogP contribution in [0.3, 0.4) is 0 Å². The first-order chi connectivity index (χ1) is 8.84. The first-order valence-electron chi connectivity index (χ1n) is 6.54. The van der Waals surface area contributed by atoms with Gasteiger partial charge in [0.25, 0.3) is 0 Å². The average molecular weight is 262 g/mol. The van der Waals surface area contributed by atoms with Crippen molar-refractivity contribution in [2.45, 2.75) is 39.0 Å². The quantitative estimate of drug-likeness (QED) is 0.399. The van der Waals surface area contributed by atoms with Crippen LogP contribution in [0.2, 0.25) is 5.02 Å².